The molecule has 3 nitrogen and oxygen atoms in total. The molecule has 5 heteroatoms. The van der Waals surface area contributed by atoms with E-state index in [1.807, 2.05) is 77.7 Å². The minimum atomic E-state index is 0.0869. The molecule has 0 unspecified atom stereocenters. The summed E-state index contributed by atoms with van der Waals surface area (Å²) in [5.41, 5.74) is 3.27. The molecule has 28 heavy (non-hydrogen) atoms. The topological polar surface area (TPSA) is 33.2 Å². The third-order valence-electron chi connectivity index (χ3n) is 4.34. The highest BCUT2D eigenvalue weighted by Gasteiger charge is 2.20. The summed E-state index contributed by atoms with van der Waals surface area (Å²) < 4.78 is 1.10. The van der Waals surface area contributed by atoms with E-state index in [4.69, 9.17) is 4.98 Å². The third-order valence-corrected chi connectivity index (χ3v) is 6.38. The van der Waals surface area contributed by atoms with Crippen molar-refractivity contribution in [1.29, 1.82) is 0 Å². The van der Waals surface area contributed by atoms with E-state index >= 15 is 0 Å². The molecule has 0 spiro atoms. The van der Waals surface area contributed by atoms with Gasteiger partial charge in [0.05, 0.1) is 22.5 Å². The number of aromatic nitrogens is 1. The molecule has 0 aliphatic carbocycles. The highest BCUT2D eigenvalue weighted by molar-refractivity contribution is 7.99. The lowest BCUT2D eigenvalue weighted by Gasteiger charge is -2.20. The Morgan fingerprint density at radius 1 is 0.857 bits per heavy atom. The fourth-order valence-corrected chi connectivity index (χ4v) is 4.76. The van der Waals surface area contributed by atoms with Gasteiger partial charge in [-0.2, -0.15) is 0 Å². The van der Waals surface area contributed by atoms with E-state index in [-0.39, 0.29) is 5.91 Å². The van der Waals surface area contributed by atoms with Gasteiger partial charge >= 0.3 is 0 Å². The van der Waals surface area contributed by atoms with Crippen molar-refractivity contribution in [3.8, 4) is 0 Å². The summed E-state index contributed by atoms with van der Waals surface area (Å²) in [5, 5.41) is 0.760. The van der Waals surface area contributed by atoms with Crippen molar-refractivity contribution >= 4 is 44.4 Å². The van der Waals surface area contributed by atoms with Gasteiger partial charge in [0.2, 0.25) is 5.91 Å². The lowest BCUT2D eigenvalue weighted by molar-refractivity contribution is -0.116. The Kier molecular flexibility index (Phi) is 6.04. The third kappa shape index (κ3) is 4.61. The molecule has 140 valence electrons. The summed E-state index contributed by atoms with van der Waals surface area (Å²) in [4.78, 5) is 19.6. The van der Waals surface area contributed by atoms with Crippen molar-refractivity contribution in [3.63, 3.8) is 0 Å². The van der Waals surface area contributed by atoms with E-state index in [0.29, 0.717) is 12.3 Å². The van der Waals surface area contributed by atoms with Crippen molar-refractivity contribution < 1.29 is 4.79 Å². The number of thiazole rings is 1. The highest BCUT2D eigenvalue weighted by Crippen LogP contribution is 2.30. The SMILES string of the molecule is O=C(CSCc1ccccc1)N(Cc1ccccc1)c1nc2ccccc2s1. The Morgan fingerprint density at radius 2 is 1.50 bits per heavy atom. The van der Waals surface area contributed by atoms with Crippen LogP contribution in [0.4, 0.5) is 5.13 Å². The first-order valence-electron chi connectivity index (χ1n) is 9.11. The Labute approximate surface area is 173 Å². The monoisotopic (exact) mass is 404 g/mol. The maximum absolute atomic E-state index is 13.1. The van der Waals surface area contributed by atoms with Crippen molar-refractivity contribution in [2.75, 3.05) is 10.7 Å². The van der Waals surface area contributed by atoms with Crippen LogP contribution in [0.15, 0.2) is 84.9 Å². The number of carbonyl (C=O) groups is 1. The molecule has 0 saturated heterocycles. The zero-order chi connectivity index (χ0) is 19.2. The molecule has 0 radical (unpaired) electrons. The Bertz CT molecular complexity index is 1010. The maximum atomic E-state index is 13.1. The number of thioether (sulfide) groups is 1. The summed E-state index contributed by atoms with van der Waals surface area (Å²) in [5.74, 6) is 1.34. The van der Waals surface area contributed by atoms with E-state index < -0.39 is 0 Å². The molecule has 0 N–H and O–H groups in total. The second kappa shape index (κ2) is 9.04. The van der Waals surface area contributed by atoms with Gasteiger partial charge in [-0.1, -0.05) is 84.1 Å². The summed E-state index contributed by atoms with van der Waals surface area (Å²) in [7, 11) is 0. The molecular weight excluding hydrogens is 384 g/mol. The van der Waals surface area contributed by atoms with Gasteiger partial charge in [0.15, 0.2) is 5.13 Å². The van der Waals surface area contributed by atoms with Gasteiger partial charge in [0, 0.05) is 5.75 Å². The van der Waals surface area contributed by atoms with E-state index in [1.165, 1.54) is 5.56 Å². The largest absolute Gasteiger partial charge is 0.283 e. The van der Waals surface area contributed by atoms with Crippen LogP contribution in [0, 0.1) is 0 Å². The van der Waals surface area contributed by atoms with Crippen LogP contribution in [0.25, 0.3) is 10.2 Å². The molecule has 0 saturated carbocycles. The minimum Gasteiger partial charge on any atom is -0.283 e. The molecule has 3 aromatic carbocycles. The summed E-state index contributed by atoms with van der Waals surface area (Å²) in [6, 6.07) is 28.3. The molecule has 4 rings (SSSR count). The molecule has 0 atom stereocenters. The standard InChI is InChI=1S/C23H20N2OS2/c26-22(17-27-16-19-11-5-2-6-12-19)25(15-18-9-3-1-4-10-18)23-24-20-13-7-8-14-21(20)28-23/h1-14H,15-17H2. The molecule has 1 amide bonds. The molecule has 0 fully saturated rings. The number of benzene rings is 3. The normalized spacial score (nSPS) is 10.9. The van der Waals surface area contributed by atoms with E-state index in [2.05, 4.69) is 12.1 Å². The van der Waals surface area contributed by atoms with E-state index in [1.54, 1.807) is 23.1 Å². The molecule has 4 aromatic rings. The molecule has 1 aromatic heterocycles. The number of hydrogen-bond acceptors (Lipinski definition) is 4. The maximum Gasteiger partial charge on any atom is 0.239 e. The average Bonchev–Trinajstić information content (AvgIpc) is 3.17. The summed E-state index contributed by atoms with van der Waals surface area (Å²) in [6.07, 6.45) is 0. The number of para-hydroxylation sites is 1. The van der Waals surface area contributed by atoms with Gasteiger partial charge in [0.1, 0.15) is 0 Å². The summed E-state index contributed by atoms with van der Waals surface area (Å²) >= 11 is 3.21. The summed E-state index contributed by atoms with van der Waals surface area (Å²) in [6.45, 7) is 0.533. The van der Waals surface area contributed by atoms with Crippen LogP contribution in [-0.2, 0) is 17.1 Å². The highest BCUT2D eigenvalue weighted by atomic mass is 32.2. The van der Waals surface area contributed by atoms with E-state index in [0.717, 1.165) is 26.7 Å². The van der Waals surface area contributed by atoms with Crippen molar-refractivity contribution in [3.05, 3.63) is 96.1 Å². The van der Waals surface area contributed by atoms with Gasteiger partial charge in [-0.25, -0.2) is 4.98 Å². The van der Waals surface area contributed by atoms with Crippen LogP contribution in [0.1, 0.15) is 11.1 Å². The zero-order valence-electron chi connectivity index (χ0n) is 15.3. The van der Waals surface area contributed by atoms with Gasteiger partial charge in [-0.15, -0.1) is 11.8 Å². The lowest BCUT2D eigenvalue weighted by atomic mass is 10.2. The quantitative estimate of drug-likeness (QED) is 0.392. The van der Waals surface area contributed by atoms with E-state index in [9.17, 15) is 4.79 Å². The first kappa shape index (κ1) is 18.7. The van der Waals surface area contributed by atoms with Crippen molar-refractivity contribution in [2.45, 2.75) is 12.3 Å². The lowest BCUT2D eigenvalue weighted by Crippen LogP contribution is -2.31. The Balaban J connectivity index is 1.52. The van der Waals surface area contributed by atoms with Crippen LogP contribution >= 0.6 is 23.1 Å². The number of fused-ring (bicyclic) bond motifs is 1. The van der Waals surface area contributed by atoms with Crippen LogP contribution in [-0.4, -0.2) is 16.6 Å². The van der Waals surface area contributed by atoms with Crippen LogP contribution in [0.2, 0.25) is 0 Å². The first-order chi connectivity index (χ1) is 13.8. The number of carbonyl (C=O) groups excluding carboxylic acids is 1. The predicted molar refractivity (Wildman–Crippen MR) is 120 cm³/mol. The predicted octanol–water partition coefficient (Wildman–Crippen LogP) is 5.76. The van der Waals surface area contributed by atoms with Crippen molar-refractivity contribution in [1.82, 2.24) is 4.98 Å². The number of hydrogen-bond donors (Lipinski definition) is 0. The zero-order valence-corrected chi connectivity index (χ0v) is 17.0. The number of rotatable bonds is 7. The van der Waals surface area contributed by atoms with Crippen LogP contribution in [0.5, 0.6) is 0 Å². The van der Waals surface area contributed by atoms with Crippen LogP contribution in [0.3, 0.4) is 0 Å². The van der Waals surface area contributed by atoms with Gasteiger partial charge in [-0.3, -0.25) is 9.69 Å². The smallest absolute Gasteiger partial charge is 0.239 e. The number of anilines is 1. The second-order valence-electron chi connectivity index (χ2n) is 6.41. The second-order valence-corrected chi connectivity index (χ2v) is 8.40. The minimum absolute atomic E-state index is 0.0869. The van der Waals surface area contributed by atoms with Crippen molar-refractivity contribution in [2.24, 2.45) is 0 Å². The fourth-order valence-electron chi connectivity index (χ4n) is 2.91. The fraction of sp³-hybridized carbons (Fsp3) is 0.130. The number of amides is 1. The molecule has 1 heterocycles. The van der Waals surface area contributed by atoms with Gasteiger partial charge in [0.25, 0.3) is 0 Å². The molecule has 0 aliphatic heterocycles. The molecule has 0 aliphatic rings. The molecular formula is C23H20N2OS2. The average molecular weight is 405 g/mol. The van der Waals surface area contributed by atoms with Gasteiger partial charge in [-0.05, 0) is 23.3 Å². The van der Waals surface area contributed by atoms with Gasteiger partial charge < -0.3 is 0 Å². The first-order valence-corrected chi connectivity index (χ1v) is 11.1. The Hall–Kier alpha value is -2.63. The van der Waals surface area contributed by atoms with Crippen LogP contribution < -0.4 is 4.90 Å². The number of nitrogens with zero attached hydrogens (tertiary/aromatic N) is 2. The Morgan fingerprint density at radius 3 is 2.21 bits per heavy atom. The molecule has 0 bridgehead atoms.